The van der Waals surface area contributed by atoms with Gasteiger partial charge in [-0.3, -0.25) is 4.98 Å². The second kappa shape index (κ2) is 8.05. The molecular formula is C14H19N. The molecule has 80 valence electrons. The lowest BCUT2D eigenvalue weighted by Crippen LogP contribution is -1.77. The zero-order valence-corrected chi connectivity index (χ0v) is 9.50. The number of hydrogen-bond acceptors (Lipinski definition) is 1. The molecule has 1 heterocycles. The van der Waals surface area contributed by atoms with Crippen molar-refractivity contribution in [1.29, 1.82) is 0 Å². The van der Waals surface area contributed by atoms with Crippen LogP contribution in [0.2, 0.25) is 0 Å². The van der Waals surface area contributed by atoms with Crippen molar-refractivity contribution >= 4 is 0 Å². The molecule has 0 aliphatic carbocycles. The monoisotopic (exact) mass is 201 g/mol. The molecule has 0 bridgehead atoms. The van der Waals surface area contributed by atoms with Gasteiger partial charge < -0.3 is 0 Å². The Labute approximate surface area is 92.9 Å². The van der Waals surface area contributed by atoms with Crippen molar-refractivity contribution in [3.63, 3.8) is 0 Å². The van der Waals surface area contributed by atoms with E-state index in [4.69, 9.17) is 0 Å². The molecule has 0 aliphatic heterocycles. The molecule has 0 unspecified atom stereocenters. The average Bonchev–Trinajstić information content (AvgIpc) is 2.29. The zero-order valence-electron chi connectivity index (χ0n) is 9.50. The molecule has 15 heavy (non-hydrogen) atoms. The predicted molar refractivity (Wildman–Crippen MR) is 64.5 cm³/mol. The third-order valence-electron chi connectivity index (χ3n) is 2.30. The van der Waals surface area contributed by atoms with Gasteiger partial charge in [-0.1, -0.05) is 44.4 Å². The number of hydrogen-bond donors (Lipinski definition) is 0. The maximum atomic E-state index is 4.02. The highest BCUT2D eigenvalue weighted by atomic mass is 14.6. The zero-order chi connectivity index (χ0) is 10.8. The molecule has 0 saturated carbocycles. The Morgan fingerprint density at radius 1 is 1.20 bits per heavy atom. The molecule has 1 heteroatoms. The van der Waals surface area contributed by atoms with E-state index in [2.05, 4.69) is 23.7 Å². The lowest BCUT2D eigenvalue weighted by molar-refractivity contribution is 0.641. The molecule has 1 aromatic heterocycles. The van der Waals surface area contributed by atoms with Crippen molar-refractivity contribution in [3.8, 4) is 11.8 Å². The van der Waals surface area contributed by atoms with Crippen LogP contribution < -0.4 is 0 Å². The molecule has 0 saturated heterocycles. The first-order valence-corrected chi connectivity index (χ1v) is 5.82. The van der Waals surface area contributed by atoms with Gasteiger partial charge in [0, 0.05) is 24.4 Å². The van der Waals surface area contributed by atoms with Crippen molar-refractivity contribution in [1.82, 2.24) is 4.98 Å². The molecular weight excluding hydrogens is 182 g/mol. The average molecular weight is 201 g/mol. The van der Waals surface area contributed by atoms with E-state index >= 15 is 0 Å². The lowest BCUT2D eigenvalue weighted by atomic mass is 10.1. The van der Waals surface area contributed by atoms with Gasteiger partial charge in [-0.15, -0.1) is 0 Å². The van der Waals surface area contributed by atoms with Crippen LogP contribution in [0.3, 0.4) is 0 Å². The Hall–Kier alpha value is -1.29. The molecule has 0 aromatic carbocycles. The van der Waals surface area contributed by atoms with Crippen molar-refractivity contribution in [3.05, 3.63) is 30.1 Å². The summed E-state index contributed by atoms with van der Waals surface area (Å²) in [5.41, 5.74) is 1.02. The topological polar surface area (TPSA) is 12.9 Å². The van der Waals surface area contributed by atoms with E-state index in [-0.39, 0.29) is 0 Å². The molecule has 1 aromatic rings. The van der Waals surface area contributed by atoms with Crippen molar-refractivity contribution in [2.45, 2.75) is 45.4 Å². The SMILES string of the molecule is CCCCCCCC#Cc1cccnc1. The third kappa shape index (κ3) is 5.91. The number of rotatable bonds is 5. The minimum Gasteiger partial charge on any atom is -0.263 e. The number of aromatic nitrogens is 1. The predicted octanol–water partition coefficient (Wildman–Crippen LogP) is 3.79. The Morgan fingerprint density at radius 2 is 2.07 bits per heavy atom. The summed E-state index contributed by atoms with van der Waals surface area (Å²) in [7, 11) is 0. The molecule has 0 aliphatic rings. The van der Waals surface area contributed by atoms with Gasteiger partial charge in [0.15, 0.2) is 0 Å². The largest absolute Gasteiger partial charge is 0.263 e. The van der Waals surface area contributed by atoms with Crippen LogP contribution in [-0.4, -0.2) is 4.98 Å². The van der Waals surface area contributed by atoms with E-state index in [0.717, 1.165) is 12.0 Å². The minimum absolute atomic E-state index is 1.01. The van der Waals surface area contributed by atoms with Gasteiger partial charge in [-0.2, -0.15) is 0 Å². The molecule has 0 radical (unpaired) electrons. The Kier molecular flexibility index (Phi) is 6.33. The quantitative estimate of drug-likeness (QED) is 0.521. The van der Waals surface area contributed by atoms with E-state index in [1.165, 1.54) is 32.1 Å². The number of unbranched alkanes of at least 4 members (excludes halogenated alkanes) is 5. The number of nitrogens with zero attached hydrogens (tertiary/aromatic N) is 1. The molecule has 0 fully saturated rings. The van der Waals surface area contributed by atoms with Crippen LogP contribution in [0.4, 0.5) is 0 Å². The summed E-state index contributed by atoms with van der Waals surface area (Å²) in [6.45, 7) is 2.24. The van der Waals surface area contributed by atoms with Crippen LogP contribution in [0.5, 0.6) is 0 Å². The van der Waals surface area contributed by atoms with Crippen molar-refractivity contribution < 1.29 is 0 Å². The molecule has 0 atom stereocenters. The highest BCUT2D eigenvalue weighted by Gasteiger charge is 1.86. The van der Waals surface area contributed by atoms with Crippen LogP contribution in [0.15, 0.2) is 24.5 Å². The Balaban J connectivity index is 2.12. The van der Waals surface area contributed by atoms with Crippen molar-refractivity contribution in [2.24, 2.45) is 0 Å². The highest BCUT2D eigenvalue weighted by Crippen LogP contribution is 2.04. The van der Waals surface area contributed by atoms with E-state index < -0.39 is 0 Å². The summed E-state index contributed by atoms with van der Waals surface area (Å²) >= 11 is 0. The Bertz CT molecular complexity index is 305. The van der Waals surface area contributed by atoms with Gasteiger partial charge in [0.2, 0.25) is 0 Å². The van der Waals surface area contributed by atoms with Crippen LogP contribution >= 0.6 is 0 Å². The molecule has 0 spiro atoms. The normalized spacial score (nSPS) is 9.40. The van der Waals surface area contributed by atoms with Crippen LogP contribution in [0.25, 0.3) is 0 Å². The lowest BCUT2D eigenvalue weighted by Gasteiger charge is -1.94. The second-order valence-electron chi connectivity index (χ2n) is 3.71. The standard InChI is InChI=1S/C14H19N/c1-2-3-4-5-6-7-8-10-14-11-9-12-15-13-14/h9,11-13H,2-7H2,1H3. The van der Waals surface area contributed by atoms with E-state index in [0.29, 0.717) is 0 Å². The minimum atomic E-state index is 1.01. The van der Waals surface area contributed by atoms with Crippen LogP contribution in [0, 0.1) is 11.8 Å². The van der Waals surface area contributed by atoms with E-state index in [9.17, 15) is 0 Å². The maximum Gasteiger partial charge on any atom is 0.0428 e. The molecule has 1 rings (SSSR count). The van der Waals surface area contributed by atoms with E-state index in [1.807, 2.05) is 18.3 Å². The summed E-state index contributed by atoms with van der Waals surface area (Å²) < 4.78 is 0. The summed E-state index contributed by atoms with van der Waals surface area (Å²) in [5.74, 6) is 6.31. The van der Waals surface area contributed by atoms with Crippen molar-refractivity contribution in [2.75, 3.05) is 0 Å². The summed E-state index contributed by atoms with van der Waals surface area (Å²) in [5, 5.41) is 0. The first kappa shape index (κ1) is 11.8. The summed E-state index contributed by atoms with van der Waals surface area (Å²) in [6.07, 6.45) is 11.2. The first-order chi connectivity index (χ1) is 7.43. The molecule has 0 amide bonds. The first-order valence-electron chi connectivity index (χ1n) is 5.82. The highest BCUT2D eigenvalue weighted by molar-refractivity contribution is 5.30. The fourth-order valence-electron chi connectivity index (χ4n) is 1.42. The smallest absolute Gasteiger partial charge is 0.0428 e. The van der Waals surface area contributed by atoms with Gasteiger partial charge in [0.25, 0.3) is 0 Å². The number of pyridine rings is 1. The van der Waals surface area contributed by atoms with Gasteiger partial charge in [0.1, 0.15) is 0 Å². The second-order valence-corrected chi connectivity index (χ2v) is 3.71. The van der Waals surface area contributed by atoms with Crippen LogP contribution in [-0.2, 0) is 0 Å². The van der Waals surface area contributed by atoms with Gasteiger partial charge in [-0.25, -0.2) is 0 Å². The maximum absolute atomic E-state index is 4.02. The molecule has 0 N–H and O–H groups in total. The fourth-order valence-corrected chi connectivity index (χ4v) is 1.42. The van der Waals surface area contributed by atoms with Gasteiger partial charge >= 0.3 is 0 Å². The van der Waals surface area contributed by atoms with Crippen LogP contribution in [0.1, 0.15) is 51.0 Å². The fraction of sp³-hybridized carbons (Fsp3) is 0.500. The van der Waals surface area contributed by atoms with Gasteiger partial charge in [0.05, 0.1) is 0 Å². The Morgan fingerprint density at radius 3 is 2.80 bits per heavy atom. The third-order valence-corrected chi connectivity index (χ3v) is 2.30. The molecule has 1 nitrogen and oxygen atoms in total. The summed E-state index contributed by atoms with van der Waals surface area (Å²) in [4.78, 5) is 4.02. The van der Waals surface area contributed by atoms with E-state index in [1.54, 1.807) is 6.20 Å². The summed E-state index contributed by atoms with van der Waals surface area (Å²) in [6, 6.07) is 3.92. The van der Waals surface area contributed by atoms with Gasteiger partial charge in [-0.05, 0) is 18.6 Å².